The highest BCUT2D eigenvalue weighted by Gasteiger charge is 2.43. The molecule has 2 atom stereocenters. The van der Waals surface area contributed by atoms with E-state index in [1.807, 2.05) is 26.0 Å². The van der Waals surface area contributed by atoms with Crippen LogP contribution in [0.15, 0.2) is 42.3 Å². The summed E-state index contributed by atoms with van der Waals surface area (Å²) in [6, 6.07) is 7.37. The first-order chi connectivity index (χ1) is 15.0. The lowest BCUT2D eigenvalue weighted by molar-refractivity contribution is -0.147. The maximum absolute atomic E-state index is 12.9. The minimum atomic E-state index is -1.27. The number of carbonyl (C=O) groups excluding carboxylic acids is 2. The van der Waals surface area contributed by atoms with Crippen LogP contribution in [-0.4, -0.2) is 25.2 Å². The molecule has 7 heteroatoms. The van der Waals surface area contributed by atoms with Gasteiger partial charge < -0.3 is 19.9 Å². The molecule has 7 nitrogen and oxygen atoms in total. The SMILES string of the molecule is C=CCc1cccc2c1OC(N)=C(C(=O)OCCCC)C2C(C#N)C(=O)OCCCC. The minimum absolute atomic E-state index is 0.0293. The van der Waals surface area contributed by atoms with Crippen molar-refractivity contribution < 1.29 is 23.8 Å². The molecular formula is C24H30N2O5. The second-order valence-electron chi connectivity index (χ2n) is 7.30. The molecule has 0 saturated heterocycles. The molecule has 1 heterocycles. The zero-order valence-corrected chi connectivity index (χ0v) is 18.2. The predicted octanol–water partition coefficient (Wildman–Crippen LogP) is 3.89. The molecule has 0 amide bonds. The molecule has 0 aromatic heterocycles. The smallest absolute Gasteiger partial charge is 0.340 e. The van der Waals surface area contributed by atoms with Crippen LogP contribution in [0.5, 0.6) is 5.75 Å². The molecule has 0 aliphatic carbocycles. The Bertz CT molecular complexity index is 884. The summed E-state index contributed by atoms with van der Waals surface area (Å²) in [7, 11) is 0. The van der Waals surface area contributed by atoms with Crippen LogP contribution < -0.4 is 10.5 Å². The second-order valence-corrected chi connectivity index (χ2v) is 7.30. The number of para-hydroxylation sites is 1. The summed E-state index contributed by atoms with van der Waals surface area (Å²) in [5.41, 5.74) is 7.42. The van der Waals surface area contributed by atoms with Gasteiger partial charge in [0.25, 0.3) is 0 Å². The molecule has 1 aromatic rings. The molecule has 0 spiro atoms. The molecule has 0 fully saturated rings. The Morgan fingerprint density at radius 2 is 1.94 bits per heavy atom. The van der Waals surface area contributed by atoms with Crippen molar-refractivity contribution in [1.29, 1.82) is 5.26 Å². The Kier molecular flexibility index (Phi) is 9.13. The van der Waals surface area contributed by atoms with Crippen LogP contribution in [0, 0.1) is 17.2 Å². The van der Waals surface area contributed by atoms with Gasteiger partial charge in [-0.1, -0.05) is 51.0 Å². The second kappa shape index (κ2) is 11.8. The van der Waals surface area contributed by atoms with Crippen molar-refractivity contribution >= 4 is 11.9 Å². The number of nitrogens with two attached hydrogens (primary N) is 1. The zero-order valence-electron chi connectivity index (χ0n) is 18.2. The van der Waals surface area contributed by atoms with Crippen molar-refractivity contribution in [2.24, 2.45) is 11.7 Å². The van der Waals surface area contributed by atoms with Crippen LogP contribution in [0.4, 0.5) is 0 Å². The Morgan fingerprint density at radius 3 is 2.55 bits per heavy atom. The lowest BCUT2D eigenvalue weighted by Crippen LogP contribution is -2.34. The van der Waals surface area contributed by atoms with Crippen molar-refractivity contribution in [2.45, 2.75) is 51.9 Å². The van der Waals surface area contributed by atoms with E-state index in [0.29, 0.717) is 30.6 Å². The van der Waals surface area contributed by atoms with Gasteiger partial charge in [0.05, 0.1) is 25.2 Å². The molecule has 31 heavy (non-hydrogen) atoms. The van der Waals surface area contributed by atoms with Crippen LogP contribution in [0.1, 0.15) is 56.6 Å². The monoisotopic (exact) mass is 426 g/mol. The van der Waals surface area contributed by atoms with E-state index in [2.05, 4.69) is 6.58 Å². The van der Waals surface area contributed by atoms with E-state index in [0.717, 1.165) is 18.4 Å². The molecular weight excluding hydrogens is 396 g/mol. The van der Waals surface area contributed by atoms with E-state index >= 15 is 0 Å². The Labute approximate surface area is 183 Å². The van der Waals surface area contributed by atoms with Crippen LogP contribution in [0.2, 0.25) is 0 Å². The number of hydrogen-bond donors (Lipinski definition) is 1. The number of nitriles is 1. The number of allylic oxidation sites excluding steroid dienone is 1. The molecule has 1 aliphatic rings. The van der Waals surface area contributed by atoms with Crippen molar-refractivity contribution in [3.05, 3.63) is 53.4 Å². The molecule has 0 saturated carbocycles. The Balaban J connectivity index is 2.52. The number of benzene rings is 1. The third-order valence-electron chi connectivity index (χ3n) is 5.03. The van der Waals surface area contributed by atoms with Gasteiger partial charge in [-0.2, -0.15) is 5.26 Å². The van der Waals surface area contributed by atoms with Gasteiger partial charge in [-0.15, -0.1) is 6.58 Å². The Morgan fingerprint density at radius 1 is 1.26 bits per heavy atom. The molecule has 2 unspecified atom stereocenters. The first-order valence-corrected chi connectivity index (χ1v) is 10.6. The highest BCUT2D eigenvalue weighted by atomic mass is 16.5. The van der Waals surface area contributed by atoms with Gasteiger partial charge >= 0.3 is 11.9 Å². The fraction of sp³-hybridized carbons (Fsp3) is 0.458. The lowest BCUT2D eigenvalue weighted by atomic mass is 9.78. The summed E-state index contributed by atoms with van der Waals surface area (Å²) in [4.78, 5) is 25.7. The number of carbonyl (C=O) groups is 2. The molecule has 1 aromatic carbocycles. The molecule has 2 rings (SSSR count). The van der Waals surface area contributed by atoms with Crippen molar-refractivity contribution in [1.82, 2.24) is 0 Å². The van der Waals surface area contributed by atoms with Crippen LogP contribution >= 0.6 is 0 Å². The predicted molar refractivity (Wildman–Crippen MR) is 116 cm³/mol. The van der Waals surface area contributed by atoms with E-state index in [4.69, 9.17) is 19.9 Å². The van der Waals surface area contributed by atoms with E-state index in [-0.39, 0.29) is 24.7 Å². The van der Waals surface area contributed by atoms with Gasteiger partial charge in [0, 0.05) is 5.56 Å². The molecule has 1 aliphatic heterocycles. The highest BCUT2D eigenvalue weighted by Crippen LogP contribution is 2.45. The fourth-order valence-corrected chi connectivity index (χ4v) is 3.39. The quantitative estimate of drug-likeness (QED) is 0.324. The molecule has 166 valence electrons. The van der Waals surface area contributed by atoms with Gasteiger partial charge in [0.1, 0.15) is 11.3 Å². The number of rotatable bonds is 11. The van der Waals surface area contributed by atoms with Crippen LogP contribution in [0.3, 0.4) is 0 Å². The molecule has 0 bridgehead atoms. The van der Waals surface area contributed by atoms with Crippen molar-refractivity contribution in [2.75, 3.05) is 13.2 Å². The average molecular weight is 427 g/mol. The standard InChI is InChI=1S/C24H30N2O5/c1-4-7-13-29-23(27)18(15-25)19-17-12-9-11-16(10-6-3)21(17)31-22(26)20(19)24(28)30-14-8-5-2/h6,9,11-12,18-19H,3-5,7-8,10,13-14,26H2,1-2H3. The van der Waals surface area contributed by atoms with Crippen LogP contribution in [-0.2, 0) is 25.5 Å². The normalized spacial score (nSPS) is 15.8. The zero-order chi connectivity index (χ0) is 22.8. The molecule has 2 N–H and O–H groups in total. The van der Waals surface area contributed by atoms with Gasteiger partial charge in [-0.25, -0.2) is 4.79 Å². The van der Waals surface area contributed by atoms with E-state index in [9.17, 15) is 14.9 Å². The number of nitrogens with zero attached hydrogens (tertiary/aromatic N) is 1. The van der Waals surface area contributed by atoms with Gasteiger partial charge in [-0.3, -0.25) is 4.79 Å². The van der Waals surface area contributed by atoms with E-state index in [1.165, 1.54) is 0 Å². The summed E-state index contributed by atoms with van der Waals surface area (Å²) in [5.74, 6) is -3.37. The summed E-state index contributed by atoms with van der Waals surface area (Å²) in [5, 5.41) is 9.88. The van der Waals surface area contributed by atoms with Crippen molar-refractivity contribution in [3.63, 3.8) is 0 Å². The summed E-state index contributed by atoms with van der Waals surface area (Å²) in [6.45, 7) is 8.11. The summed E-state index contributed by atoms with van der Waals surface area (Å²) in [6.07, 6.45) is 5.27. The Hall–Kier alpha value is -3.27. The number of unbranched alkanes of at least 4 members (excludes halogenated alkanes) is 2. The number of hydrogen-bond acceptors (Lipinski definition) is 7. The third-order valence-corrected chi connectivity index (χ3v) is 5.03. The topological polar surface area (TPSA) is 112 Å². The molecule has 0 radical (unpaired) electrons. The minimum Gasteiger partial charge on any atom is -0.465 e. The summed E-state index contributed by atoms with van der Waals surface area (Å²) < 4.78 is 16.5. The fourth-order valence-electron chi connectivity index (χ4n) is 3.39. The maximum atomic E-state index is 12.9. The van der Waals surface area contributed by atoms with Gasteiger partial charge in [-0.05, 0) is 24.8 Å². The maximum Gasteiger partial charge on any atom is 0.340 e. The largest absolute Gasteiger partial charge is 0.465 e. The van der Waals surface area contributed by atoms with E-state index < -0.39 is 23.8 Å². The van der Waals surface area contributed by atoms with Gasteiger partial charge in [0.2, 0.25) is 5.88 Å². The van der Waals surface area contributed by atoms with Crippen LogP contribution in [0.25, 0.3) is 0 Å². The summed E-state index contributed by atoms with van der Waals surface area (Å²) >= 11 is 0. The average Bonchev–Trinajstić information content (AvgIpc) is 2.75. The number of esters is 2. The van der Waals surface area contributed by atoms with Crippen molar-refractivity contribution in [3.8, 4) is 11.8 Å². The number of ether oxygens (including phenoxy) is 3. The first-order valence-electron chi connectivity index (χ1n) is 10.6. The van der Waals surface area contributed by atoms with E-state index in [1.54, 1.807) is 18.2 Å². The highest BCUT2D eigenvalue weighted by molar-refractivity contribution is 5.94. The third kappa shape index (κ3) is 5.66. The number of fused-ring (bicyclic) bond motifs is 1. The first kappa shape index (κ1) is 24.0. The lowest BCUT2D eigenvalue weighted by Gasteiger charge is -2.31. The van der Waals surface area contributed by atoms with Gasteiger partial charge in [0.15, 0.2) is 5.92 Å².